The molecule has 3 N–H and O–H groups in total. The molecule has 106 valence electrons. The maximum atomic E-state index is 11.6. The number of carbonyl (C=O) groups excluding carboxylic acids is 1. The quantitative estimate of drug-likeness (QED) is 0.675. The van der Waals surface area contributed by atoms with Gasteiger partial charge in [0.2, 0.25) is 5.91 Å². The van der Waals surface area contributed by atoms with E-state index in [9.17, 15) is 9.90 Å². The number of hydrogen-bond donors (Lipinski definition) is 3. The number of rotatable bonds is 7. The number of alkyl halides is 1. The number of carbonyl (C=O) groups is 1. The van der Waals surface area contributed by atoms with E-state index < -0.39 is 6.10 Å². The van der Waals surface area contributed by atoms with Crippen molar-refractivity contribution in [2.45, 2.75) is 32.8 Å². The largest absolute Gasteiger partial charge is 0.390 e. The monoisotopic (exact) mass is 284 g/mol. The molecule has 1 atom stereocenters. The van der Waals surface area contributed by atoms with Gasteiger partial charge in [-0.15, -0.1) is 11.6 Å². The maximum Gasteiger partial charge on any atom is 0.224 e. The first-order valence-electron chi connectivity index (χ1n) is 6.45. The lowest BCUT2D eigenvalue weighted by atomic mass is 10.1. The fourth-order valence-electron chi connectivity index (χ4n) is 1.64. The second-order valence-corrected chi connectivity index (χ2v) is 4.84. The Balaban J connectivity index is 2.76. The van der Waals surface area contributed by atoms with Crippen LogP contribution in [0.25, 0.3) is 0 Å². The summed E-state index contributed by atoms with van der Waals surface area (Å²) in [6.07, 6.45) is 0.699. The minimum absolute atomic E-state index is 0.00713. The van der Waals surface area contributed by atoms with Gasteiger partial charge in [-0.3, -0.25) is 4.79 Å². The van der Waals surface area contributed by atoms with Gasteiger partial charge in [0.05, 0.1) is 23.4 Å². The van der Waals surface area contributed by atoms with Crippen molar-refractivity contribution < 1.29 is 9.90 Å². The van der Waals surface area contributed by atoms with Crippen LogP contribution in [-0.4, -0.2) is 29.5 Å². The molecule has 0 spiro atoms. The summed E-state index contributed by atoms with van der Waals surface area (Å²) in [5.74, 6) is 0.170. The van der Waals surface area contributed by atoms with Crippen LogP contribution in [-0.2, 0) is 4.79 Å². The van der Waals surface area contributed by atoms with Crippen molar-refractivity contribution >= 4 is 28.9 Å². The van der Waals surface area contributed by atoms with Crippen molar-refractivity contribution in [2.24, 2.45) is 0 Å². The van der Waals surface area contributed by atoms with Crippen LogP contribution >= 0.6 is 11.6 Å². The van der Waals surface area contributed by atoms with E-state index >= 15 is 0 Å². The summed E-state index contributed by atoms with van der Waals surface area (Å²) in [7, 11) is 0. The van der Waals surface area contributed by atoms with Crippen LogP contribution in [0.4, 0.5) is 11.4 Å². The molecule has 0 aliphatic rings. The molecule has 1 aromatic carbocycles. The van der Waals surface area contributed by atoms with Crippen LogP contribution in [0.5, 0.6) is 0 Å². The van der Waals surface area contributed by atoms with Crippen molar-refractivity contribution in [3.05, 3.63) is 23.8 Å². The number of aryl methyl sites for hydroxylation is 1. The van der Waals surface area contributed by atoms with Gasteiger partial charge < -0.3 is 15.7 Å². The molecule has 0 aliphatic heterocycles. The number of anilines is 2. The minimum atomic E-state index is -0.610. The molecule has 0 aliphatic carbocycles. The van der Waals surface area contributed by atoms with E-state index in [2.05, 4.69) is 10.6 Å². The highest BCUT2D eigenvalue weighted by Gasteiger charge is 2.08. The average molecular weight is 285 g/mol. The lowest BCUT2D eigenvalue weighted by Crippen LogP contribution is -2.22. The zero-order chi connectivity index (χ0) is 14.3. The summed E-state index contributed by atoms with van der Waals surface area (Å²) in [5.41, 5.74) is 2.61. The fourth-order valence-corrected chi connectivity index (χ4v) is 1.74. The number of aliphatic hydroxyl groups is 1. The molecule has 1 amide bonds. The van der Waals surface area contributed by atoms with Gasteiger partial charge in [-0.1, -0.05) is 13.0 Å². The smallest absolute Gasteiger partial charge is 0.224 e. The van der Waals surface area contributed by atoms with E-state index in [1.807, 2.05) is 32.0 Å². The SMILES string of the molecule is CCCC(=O)Nc1ccc(C)cc1NCC(O)CCl. The molecule has 0 fully saturated rings. The number of aliphatic hydroxyl groups excluding tert-OH is 1. The van der Waals surface area contributed by atoms with E-state index in [4.69, 9.17) is 11.6 Å². The molecule has 1 rings (SSSR count). The third-order valence-corrected chi connectivity index (χ3v) is 2.99. The number of hydrogen-bond acceptors (Lipinski definition) is 3. The third kappa shape index (κ3) is 5.49. The summed E-state index contributed by atoms with van der Waals surface area (Å²) in [6.45, 7) is 4.29. The van der Waals surface area contributed by atoms with Crippen molar-refractivity contribution in [3.63, 3.8) is 0 Å². The van der Waals surface area contributed by atoms with E-state index in [-0.39, 0.29) is 11.8 Å². The molecule has 0 aromatic heterocycles. The van der Waals surface area contributed by atoms with Crippen LogP contribution in [0.15, 0.2) is 18.2 Å². The van der Waals surface area contributed by atoms with Gasteiger partial charge in [0.15, 0.2) is 0 Å². The number of halogens is 1. The second-order valence-electron chi connectivity index (χ2n) is 4.54. The topological polar surface area (TPSA) is 61.4 Å². The average Bonchev–Trinajstić information content (AvgIpc) is 2.38. The van der Waals surface area contributed by atoms with Crippen LogP contribution in [0.2, 0.25) is 0 Å². The predicted octanol–water partition coefficient (Wildman–Crippen LogP) is 2.75. The molecule has 19 heavy (non-hydrogen) atoms. The lowest BCUT2D eigenvalue weighted by Gasteiger charge is -2.15. The highest BCUT2D eigenvalue weighted by atomic mass is 35.5. The van der Waals surface area contributed by atoms with Crippen molar-refractivity contribution in [2.75, 3.05) is 23.1 Å². The van der Waals surface area contributed by atoms with Crippen LogP contribution in [0.3, 0.4) is 0 Å². The van der Waals surface area contributed by atoms with Gasteiger partial charge in [0.25, 0.3) is 0 Å². The highest BCUT2D eigenvalue weighted by Crippen LogP contribution is 2.23. The van der Waals surface area contributed by atoms with Crippen molar-refractivity contribution in [1.29, 1.82) is 0 Å². The molecule has 1 unspecified atom stereocenters. The molecule has 0 saturated carbocycles. The summed E-state index contributed by atoms with van der Waals surface area (Å²) < 4.78 is 0. The number of amides is 1. The second kappa shape index (κ2) is 8.02. The van der Waals surface area contributed by atoms with Gasteiger partial charge in [-0.2, -0.15) is 0 Å². The highest BCUT2D eigenvalue weighted by molar-refractivity contribution is 6.18. The molecule has 4 nitrogen and oxygen atoms in total. The first kappa shape index (κ1) is 15.8. The van der Waals surface area contributed by atoms with E-state index in [0.29, 0.717) is 13.0 Å². The predicted molar refractivity (Wildman–Crippen MR) is 79.9 cm³/mol. The number of nitrogens with one attached hydrogen (secondary N) is 2. The standard InChI is InChI=1S/C14H21ClN2O2/c1-3-4-14(19)17-12-6-5-10(2)7-13(12)16-9-11(18)8-15/h5-7,11,16,18H,3-4,8-9H2,1-2H3,(H,17,19). The summed E-state index contributed by atoms with van der Waals surface area (Å²) in [6, 6.07) is 5.73. The molecule has 0 bridgehead atoms. The van der Waals surface area contributed by atoms with Gasteiger partial charge in [-0.05, 0) is 31.0 Å². The first-order valence-corrected chi connectivity index (χ1v) is 6.98. The van der Waals surface area contributed by atoms with Crippen molar-refractivity contribution in [1.82, 2.24) is 0 Å². The van der Waals surface area contributed by atoms with E-state index in [1.54, 1.807) is 0 Å². The van der Waals surface area contributed by atoms with Gasteiger partial charge in [-0.25, -0.2) is 0 Å². The van der Waals surface area contributed by atoms with Crippen LogP contribution < -0.4 is 10.6 Å². The Morgan fingerprint density at radius 1 is 1.42 bits per heavy atom. The van der Waals surface area contributed by atoms with Crippen LogP contribution in [0, 0.1) is 6.92 Å². The Hall–Kier alpha value is -1.26. The zero-order valence-electron chi connectivity index (χ0n) is 11.4. The maximum absolute atomic E-state index is 11.6. The Morgan fingerprint density at radius 2 is 2.16 bits per heavy atom. The number of benzene rings is 1. The Labute approximate surface area is 119 Å². The van der Waals surface area contributed by atoms with Gasteiger partial charge in [0, 0.05) is 13.0 Å². The summed E-state index contributed by atoms with van der Waals surface area (Å²) >= 11 is 5.56. The van der Waals surface area contributed by atoms with Crippen LogP contribution in [0.1, 0.15) is 25.3 Å². The zero-order valence-corrected chi connectivity index (χ0v) is 12.1. The molecular weight excluding hydrogens is 264 g/mol. The molecule has 0 saturated heterocycles. The normalized spacial score (nSPS) is 12.0. The Kier molecular flexibility index (Phi) is 6.67. The summed E-state index contributed by atoms with van der Waals surface area (Å²) in [5, 5.41) is 15.4. The Bertz CT molecular complexity index is 424. The molecule has 1 aromatic rings. The van der Waals surface area contributed by atoms with E-state index in [1.165, 1.54) is 0 Å². The first-order chi connectivity index (χ1) is 9.06. The minimum Gasteiger partial charge on any atom is -0.390 e. The van der Waals surface area contributed by atoms with E-state index in [0.717, 1.165) is 23.4 Å². The lowest BCUT2D eigenvalue weighted by molar-refractivity contribution is -0.116. The van der Waals surface area contributed by atoms with Gasteiger partial charge >= 0.3 is 0 Å². The molecule has 5 heteroatoms. The molecule has 0 heterocycles. The van der Waals surface area contributed by atoms with Crippen molar-refractivity contribution in [3.8, 4) is 0 Å². The molecule has 0 radical (unpaired) electrons. The third-order valence-electron chi connectivity index (χ3n) is 2.63. The fraction of sp³-hybridized carbons (Fsp3) is 0.500. The van der Waals surface area contributed by atoms with Gasteiger partial charge in [0.1, 0.15) is 0 Å². The molecular formula is C14H21ClN2O2. The summed E-state index contributed by atoms with van der Waals surface area (Å²) in [4.78, 5) is 11.6. The Morgan fingerprint density at radius 3 is 2.79 bits per heavy atom.